The second-order valence-corrected chi connectivity index (χ2v) is 8.29. The van der Waals surface area contributed by atoms with Gasteiger partial charge in [-0.15, -0.1) is 0 Å². The minimum atomic E-state index is -5.05. The topological polar surface area (TPSA) is 82.2 Å². The summed E-state index contributed by atoms with van der Waals surface area (Å²) in [4.78, 5) is 42.3. The minimum Gasteiger partial charge on any atom is -0.497 e. The quantitative estimate of drug-likeness (QED) is 0.556. The SMILES string of the molecule is CCN1CCN(C(=O)N(Cc2ccc(C(=O)CNC(=O)C(F)(F)F)cc2)c2cccc(OC)c2)CC1. The third-order valence-corrected chi connectivity index (χ3v) is 5.97. The van der Waals surface area contributed by atoms with Crippen LogP contribution in [0.25, 0.3) is 0 Å². The standard InChI is InChI=1S/C25H29F3N4O4/c1-3-30-11-13-31(14-12-30)24(35)32(20-5-4-6-21(15-20)36-2)17-18-7-9-19(10-8-18)22(33)16-29-23(34)25(26,27)28/h4-10,15H,3,11-14,16-17H2,1-2H3,(H,29,34). The van der Waals surface area contributed by atoms with Crippen molar-refractivity contribution in [2.24, 2.45) is 0 Å². The number of piperazine rings is 1. The normalized spacial score (nSPS) is 14.3. The minimum absolute atomic E-state index is 0.149. The third-order valence-electron chi connectivity index (χ3n) is 5.97. The summed E-state index contributed by atoms with van der Waals surface area (Å²) in [6.45, 7) is 5.22. The number of likely N-dealkylation sites (N-methyl/N-ethyl adjacent to an activating group) is 1. The predicted molar refractivity (Wildman–Crippen MR) is 128 cm³/mol. The summed E-state index contributed by atoms with van der Waals surface area (Å²) >= 11 is 0. The Hall–Kier alpha value is -3.60. The van der Waals surface area contributed by atoms with Crippen molar-refractivity contribution < 1.29 is 32.3 Å². The fraction of sp³-hybridized carbons (Fsp3) is 0.400. The molecule has 2 aromatic rings. The number of Topliss-reactive ketones (excluding diaryl/α,β-unsaturated/α-hetero) is 1. The Balaban J connectivity index is 1.74. The number of nitrogens with zero attached hydrogens (tertiary/aromatic N) is 3. The summed E-state index contributed by atoms with van der Waals surface area (Å²) in [6.07, 6.45) is -5.05. The van der Waals surface area contributed by atoms with Gasteiger partial charge in [0.25, 0.3) is 0 Å². The maximum atomic E-state index is 13.5. The number of hydrogen-bond acceptors (Lipinski definition) is 5. The molecule has 194 valence electrons. The van der Waals surface area contributed by atoms with Gasteiger partial charge >= 0.3 is 18.1 Å². The van der Waals surface area contributed by atoms with Crippen LogP contribution in [0.15, 0.2) is 48.5 Å². The number of hydrogen-bond donors (Lipinski definition) is 1. The summed E-state index contributed by atoms with van der Waals surface area (Å²) in [7, 11) is 1.54. The summed E-state index contributed by atoms with van der Waals surface area (Å²) < 4.78 is 42.3. The van der Waals surface area contributed by atoms with Gasteiger partial charge in [0.15, 0.2) is 5.78 Å². The molecule has 1 fully saturated rings. The fourth-order valence-electron chi connectivity index (χ4n) is 3.82. The molecule has 11 heteroatoms. The van der Waals surface area contributed by atoms with E-state index in [-0.39, 0.29) is 18.1 Å². The molecule has 1 N–H and O–H groups in total. The Labute approximate surface area is 207 Å². The molecule has 0 aliphatic carbocycles. The van der Waals surface area contributed by atoms with Crippen LogP contribution in [0, 0.1) is 0 Å². The molecule has 2 aromatic carbocycles. The van der Waals surface area contributed by atoms with Crippen molar-refractivity contribution in [3.63, 3.8) is 0 Å². The monoisotopic (exact) mass is 506 g/mol. The Morgan fingerprint density at radius 1 is 1.03 bits per heavy atom. The lowest BCUT2D eigenvalue weighted by molar-refractivity contribution is -0.173. The van der Waals surface area contributed by atoms with Crippen LogP contribution < -0.4 is 15.0 Å². The van der Waals surface area contributed by atoms with Crippen LogP contribution in [0.4, 0.5) is 23.7 Å². The Kier molecular flexibility index (Phi) is 8.92. The number of benzene rings is 2. The van der Waals surface area contributed by atoms with Gasteiger partial charge in [0.2, 0.25) is 0 Å². The van der Waals surface area contributed by atoms with Crippen LogP contribution in [0.2, 0.25) is 0 Å². The number of anilines is 1. The number of urea groups is 1. The van der Waals surface area contributed by atoms with Crippen LogP contribution in [-0.4, -0.2) is 80.1 Å². The highest BCUT2D eigenvalue weighted by Gasteiger charge is 2.38. The number of carbonyl (C=O) groups is 3. The first-order valence-electron chi connectivity index (χ1n) is 11.5. The zero-order chi connectivity index (χ0) is 26.3. The number of carbonyl (C=O) groups excluding carboxylic acids is 3. The molecule has 0 bridgehead atoms. The molecule has 1 heterocycles. The van der Waals surface area contributed by atoms with Crippen molar-refractivity contribution in [2.45, 2.75) is 19.6 Å². The van der Waals surface area contributed by atoms with Crippen LogP contribution in [-0.2, 0) is 11.3 Å². The lowest BCUT2D eigenvalue weighted by Gasteiger charge is -2.37. The first kappa shape index (κ1) is 27.0. The van der Waals surface area contributed by atoms with E-state index in [9.17, 15) is 27.6 Å². The molecule has 0 unspecified atom stereocenters. The molecule has 1 aliphatic heterocycles. The summed E-state index contributed by atoms with van der Waals surface area (Å²) in [5.74, 6) is -2.23. The van der Waals surface area contributed by atoms with Crippen molar-refractivity contribution in [1.29, 1.82) is 0 Å². The van der Waals surface area contributed by atoms with Gasteiger partial charge in [-0.05, 0) is 24.2 Å². The number of amides is 3. The first-order chi connectivity index (χ1) is 17.1. The van der Waals surface area contributed by atoms with Gasteiger partial charge < -0.3 is 19.9 Å². The third kappa shape index (κ3) is 6.97. The first-order valence-corrected chi connectivity index (χ1v) is 11.5. The maximum absolute atomic E-state index is 13.5. The van der Waals surface area contributed by atoms with Crippen LogP contribution in [0.5, 0.6) is 5.75 Å². The van der Waals surface area contributed by atoms with E-state index < -0.39 is 24.4 Å². The van der Waals surface area contributed by atoms with E-state index in [1.165, 1.54) is 12.1 Å². The van der Waals surface area contributed by atoms with Crippen LogP contribution in [0.3, 0.4) is 0 Å². The number of ketones is 1. The number of nitrogens with one attached hydrogen (secondary N) is 1. The van der Waals surface area contributed by atoms with Crippen LogP contribution in [0.1, 0.15) is 22.8 Å². The average Bonchev–Trinajstić information content (AvgIpc) is 2.89. The van der Waals surface area contributed by atoms with Gasteiger partial charge in [-0.3, -0.25) is 14.5 Å². The number of halogens is 3. The molecule has 8 nitrogen and oxygen atoms in total. The van der Waals surface area contributed by atoms with E-state index in [0.717, 1.165) is 19.6 Å². The van der Waals surface area contributed by atoms with Gasteiger partial charge in [-0.25, -0.2) is 4.79 Å². The summed E-state index contributed by atoms with van der Waals surface area (Å²) in [5.41, 5.74) is 1.51. The molecule has 1 aliphatic rings. The molecule has 3 amide bonds. The number of methoxy groups -OCH3 is 1. The zero-order valence-electron chi connectivity index (χ0n) is 20.2. The molecule has 0 atom stereocenters. The van der Waals surface area contributed by atoms with Gasteiger partial charge in [0.1, 0.15) is 5.75 Å². The maximum Gasteiger partial charge on any atom is 0.471 e. The van der Waals surface area contributed by atoms with Crippen molar-refractivity contribution in [3.8, 4) is 5.75 Å². The lowest BCUT2D eigenvalue weighted by atomic mass is 10.1. The van der Waals surface area contributed by atoms with Crippen molar-refractivity contribution >= 4 is 23.4 Å². The highest BCUT2D eigenvalue weighted by Crippen LogP contribution is 2.25. The molecule has 0 aromatic heterocycles. The van der Waals surface area contributed by atoms with Gasteiger partial charge in [-0.1, -0.05) is 37.3 Å². The molecule has 0 radical (unpaired) electrons. The number of alkyl halides is 3. The Morgan fingerprint density at radius 2 is 1.69 bits per heavy atom. The van der Waals surface area contributed by atoms with Crippen molar-refractivity contribution in [2.75, 3.05) is 51.3 Å². The smallest absolute Gasteiger partial charge is 0.471 e. The number of rotatable bonds is 8. The van der Waals surface area contributed by atoms with Gasteiger partial charge in [0, 0.05) is 43.5 Å². The molecule has 0 spiro atoms. The zero-order valence-corrected chi connectivity index (χ0v) is 20.2. The molecule has 0 saturated carbocycles. The molecule has 36 heavy (non-hydrogen) atoms. The lowest BCUT2D eigenvalue weighted by Crippen LogP contribution is -2.52. The molecular weight excluding hydrogens is 477 g/mol. The van der Waals surface area contributed by atoms with Gasteiger partial charge in [0.05, 0.1) is 20.2 Å². The van der Waals surface area contributed by atoms with Crippen molar-refractivity contribution in [1.82, 2.24) is 15.1 Å². The van der Waals surface area contributed by atoms with E-state index in [2.05, 4.69) is 11.8 Å². The highest BCUT2D eigenvalue weighted by atomic mass is 19.4. The molecular formula is C25H29F3N4O4. The summed E-state index contributed by atoms with van der Waals surface area (Å²) in [6, 6.07) is 13.2. The van der Waals surface area contributed by atoms with E-state index >= 15 is 0 Å². The largest absolute Gasteiger partial charge is 0.497 e. The Morgan fingerprint density at radius 3 is 2.28 bits per heavy atom. The predicted octanol–water partition coefficient (Wildman–Crippen LogP) is 3.32. The second-order valence-electron chi connectivity index (χ2n) is 8.29. The number of ether oxygens (including phenoxy) is 1. The van der Waals surface area contributed by atoms with E-state index in [0.29, 0.717) is 30.1 Å². The molecule has 1 saturated heterocycles. The Bertz CT molecular complexity index is 1070. The van der Waals surface area contributed by atoms with Gasteiger partial charge in [-0.2, -0.15) is 13.2 Å². The average molecular weight is 507 g/mol. The summed E-state index contributed by atoms with van der Waals surface area (Å²) in [5, 5.41) is 1.57. The van der Waals surface area contributed by atoms with Crippen LogP contribution >= 0.6 is 0 Å². The van der Waals surface area contributed by atoms with E-state index in [4.69, 9.17) is 4.74 Å². The fourth-order valence-corrected chi connectivity index (χ4v) is 3.82. The second kappa shape index (κ2) is 11.9. The molecule has 3 rings (SSSR count). The van der Waals surface area contributed by atoms with E-state index in [1.54, 1.807) is 52.6 Å². The van der Waals surface area contributed by atoms with E-state index in [1.807, 2.05) is 6.07 Å². The highest BCUT2D eigenvalue weighted by molar-refractivity contribution is 6.00. The van der Waals surface area contributed by atoms with Crippen molar-refractivity contribution in [3.05, 3.63) is 59.7 Å².